The number of hydrogen-bond donors (Lipinski definition) is 1. The van der Waals surface area contributed by atoms with Gasteiger partial charge >= 0.3 is 0 Å². The molecular weight excluding hydrogens is 210 g/mol. The lowest BCUT2D eigenvalue weighted by molar-refractivity contribution is -0.124. The summed E-state index contributed by atoms with van der Waals surface area (Å²) in [6, 6.07) is 0. The molecule has 2 heteroatoms. The number of ketones is 1. The number of allylic oxidation sites excluding steroid dienone is 1. The molecule has 0 saturated heterocycles. The van der Waals surface area contributed by atoms with Gasteiger partial charge in [0, 0.05) is 6.42 Å². The van der Waals surface area contributed by atoms with Crippen LogP contribution in [0.2, 0.25) is 0 Å². The topological polar surface area (TPSA) is 29.1 Å². The summed E-state index contributed by atoms with van der Waals surface area (Å²) in [6.07, 6.45) is 9.49. The summed E-state index contributed by atoms with van der Waals surface area (Å²) in [6.45, 7) is 10.6. The van der Waals surface area contributed by atoms with Crippen LogP contribution in [0.4, 0.5) is 0 Å². The van der Waals surface area contributed by atoms with Crippen molar-refractivity contribution in [2.45, 2.75) is 71.3 Å². The van der Waals surface area contributed by atoms with E-state index in [1.165, 1.54) is 19.3 Å². The molecule has 0 aliphatic rings. The van der Waals surface area contributed by atoms with E-state index < -0.39 is 0 Å². The molecule has 0 aromatic rings. The third kappa shape index (κ3) is 6.62. The molecule has 17 heavy (non-hydrogen) atoms. The van der Waals surface area contributed by atoms with E-state index in [9.17, 15) is 4.79 Å². The van der Waals surface area contributed by atoms with Crippen molar-refractivity contribution < 1.29 is 4.79 Å². The average Bonchev–Trinajstić information content (AvgIpc) is 2.33. The van der Waals surface area contributed by atoms with Crippen LogP contribution >= 0.6 is 0 Å². The van der Waals surface area contributed by atoms with Gasteiger partial charge in [0.25, 0.3) is 0 Å². The third-order valence-corrected chi connectivity index (χ3v) is 3.34. The SMILES string of the molecule is C=CCCCCCC[C@@](C)(NCC)C(=O)CC. The Bertz CT molecular complexity index is 225. The number of carbonyl (C=O) groups excluding carboxylic acids is 1. The first-order chi connectivity index (χ1) is 8.10. The molecule has 0 spiro atoms. The van der Waals surface area contributed by atoms with Crippen LogP contribution in [-0.2, 0) is 4.79 Å². The van der Waals surface area contributed by atoms with Gasteiger partial charge in [-0.25, -0.2) is 0 Å². The highest BCUT2D eigenvalue weighted by Crippen LogP contribution is 2.18. The quantitative estimate of drug-likeness (QED) is 0.438. The normalized spacial score (nSPS) is 14.3. The molecule has 0 heterocycles. The van der Waals surface area contributed by atoms with Gasteiger partial charge in [-0.1, -0.05) is 39.2 Å². The highest BCUT2D eigenvalue weighted by molar-refractivity contribution is 5.87. The van der Waals surface area contributed by atoms with Gasteiger partial charge in [-0.2, -0.15) is 0 Å². The van der Waals surface area contributed by atoms with Crippen LogP contribution in [0.15, 0.2) is 12.7 Å². The minimum absolute atomic E-state index is 0.304. The Hall–Kier alpha value is -0.630. The molecular formula is C15H29NO. The zero-order chi connectivity index (χ0) is 13.1. The first kappa shape index (κ1) is 16.4. The monoisotopic (exact) mass is 239 g/mol. The predicted molar refractivity (Wildman–Crippen MR) is 75.3 cm³/mol. The van der Waals surface area contributed by atoms with Crippen LogP contribution in [0.3, 0.4) is 0 Å². The lowest BCUT2D eigenvalue weighted by Crippen LogP contribution is -2.49. The van der Waals surface area contributed by atoms with E-state index in [0.29, 0.717) is 12.2 Å². The molecule has 0 radical (unpaired) electrons. The van der Waals surface area contributed by atoms with Gasteiger partial charge in [0.2, 0.25) is 0 Å². The van der Waals surface area contributed by atoms with E-state index in [1.807, 2.05) is 19.9 Å². The molecule has 2 nitrogen and oxygen atoms in total. The van der Waals surface area contributed by atoms with Gasteiger partial charge < -0.3 is 5.32 Å². The zero-order valence-corrected chi connectivity index (χ0v) is 11.8. The fraction of sp³-hybridized carbons (Fsp3) is 0.800. The maximum Gasteiger partial charge on any atom is 0.152 e. The largest absolute Gasteiger partial charge is 0.305 e. The Kier molecular flexibility index (Phi) is 9.06. The van der Waals surface area contributed by atoms with Crippen molar-refractivity contribution in [3.63, 3.8) is 0 Å². The van der Waals surface area contributed by atoms with Crippen LogP contribution in [-0.4, -0.2) is 17.9 Å². The summed E-state index contributed by atoms with van der Waals surface area (Å²) >= 11 is 0. The molecule has 1 N–H and O–H groups in total. The Balaban J connectivity index is 3.92. The fourth-order valence-corrected chi connectivity index (χ4v) is 2.23. The second-order valence-electron chi connectivity index (χ2n) is 4.88. The molecule has 100 valence electrons. The highest BCUT2D eigenvalue weighted by Gasteiger charge is 2.29. The standard InChI is InChI=1S/C15H29NO/c1-5-8-9-10-11-12-13-15(4,16-7-3)14(17)6-2/h5,16H,1,6-13H2,2-4H3/t15-/m1/s1. The van der Waals surface area contributed by atoms with Crippen molar-refractivity contribution in [1.82, 2.24) is 5.32 Å². The van der Waals surface area contributed by atoms with Gasteiger partial charge in [-0.05, 0) is 32.7 Å². The lowest BCUT2D eigenvalue weighted by Gasteiger charge is -2.28. The summed E-state index contributed by atoms with van der Waals surface area (Å²) in [5.41, 5.74) is -0.304. The number of likely N-dealkylation sites (N-methyl/N-ethyl adjacent to an activating group) is 1. The summed E-state index contributed by atoms with van der Waals surface area (Å²) in [7, 11) is 0. The highest BCUT2D eigenvalue weighted by atomic mass is 16.1. The predicted octanol–water partition coefficient (Wildman–Crippen LogP) is 3.86. The van der Waals surface area contributed by atoms with Crippen molar-refractivity contribution in [3.05, 3.63) is 12.7 Å². The maximum absolute atomic E-state index is 11.9. The van der Waals surface area contributed by atoms with E-state index >= 15 is 0 Å². The molecule has 0 unspecified atom stereocenters. The van der Waals surface area contributed by atoms with Crippen LogP contribution < -0.4 is 5.32 Å². The molecule has 0 aromatic heterocycles. The van der Waals surface area contributed by atoms with E-state index in [0.717, 1.165) is 25.8 Å². The zero-order valence-electron chi connectivity index (χ0n) is 11.8. The molecule has 0 amide bonds. The molecule has 0 fully saturated rings. The smallest absolute Gasteiger partial charge is 0.152 e. The van der Waals surface area contributed by atoms with Crippen molar-refractivity contribution in [2.24, 2.45) is 0 Å². The first-order valence-electron chi connectivity index (χ1n) is 7.00. The van der Waals surface area contributed by atoms with Gasteiger partial charge in [-0.3, -0.25) is 4.79 Å². The summed E-state index contributed by atoms with van der Waals surface area (Å²) in [5.74, 6) is 0.338. The van der Waals surface area contributed by atoms with E-state index in [-0.39, 0.29) is 5.54 Å². The molecule has 0 aromatic carbocycles. The summed E-state index contributed by atoms with van der Waals surface area (Å²) in [4.78, 5) is 11.9. The minimum Gasteiger partial charge on any atom is -0.305 e. The lowest BCUT2D eigenvalue weighted by atomic mass is 9.88. The number of unbranched alkanes of at least 4 members (excludes halogenated alkanes) is 4. The van der Waals surface area contributed by atoms with Crippen LogP contribution in [0.25, 0.3) is 0 Å². The van der Waals surface area contributed by atoms with Gasteiger partial charge in [0.15, 0.2) is 5.78 Å². The number of nitrogens with one attached hydrogen (secondary N) is 1. The molecule has 0 bridgehead atoms. The Morgan fingerprint density at radius 3 is 2.41 bits per heavy atom. The van der Waals surface area contributed by atoms with Crippen molar-refractivity contribution in [2.75, 3.05) is 6.54 Å². The minimum atomic E-state index is -0.304. The van der Waals surface area contributed by atoms with Crippen molar-refractivity contribution >= 4 is 5.78 Å². The van der Waals surface area contributed by atoms with E-state index in [2.05, 4.69) is 18.8 Å². The summed E-state index contributed by atoms with van der Waals surface area (Å²) in [5, 5.41) is 3.35. The number of rotatable bonds is 11. The van der Waals surface area contributed by atoms with Crippen LogP contribution in [0.5, 0.6) is 0 Å². The van der Waals surface area contributed by atoms with Crippen molar-refractivity contribution in [3.8, 4) is 0 Å². The summed E-state index contributed by atoms with van der Waals surface area (Å²) < 4.78 is 0. The molecule has 0 saturated carbocycles. The number of Topliss-reactive ketones (excluding diaryl/α,β-unsaturated/α-hetero) is 1. The van der Waals surface area contributed by atoms with E-state index in [1.54, 1.807) is 0 Å². The molecule has 1 atom stereocenters. The molecule has 0 aliphatic carbocycles. The van der Waals surface area contributed by atoms with Crippen LogP contribution in [0, 0.1) is 0 Å². The number of carbonyl (C=O) groups is 1. The average molecular weight is 239 g/mol. The van der Waals surface area contributed by atoms with Gasteiger partial charge in [-0.15, -0.1) is 6.58 Å². The number of hydrogen-bond acceptors (Lipinski definition) is 2. The second-order valence-corrected chi connectivity index (χ2v) is 4.88. The first-order valence-corrected chi connectivity index (χ1v) is 7.00. The van der Waals surface area contributed by atoms with Crippen LogP contribution in [0.1, 0.15) is 65.7 Å². The third-order valence-electron chi connectivity index (χ3n) is 3.34. The molecule has 0 aliphatic heterocycles. The van der Waals surface area contributed by atoms with Gasteiger partial charge in [0.05, 0.1) is 5.54 Å². The molecule has 0 rings (SSSR count). The van der Waals surface area contributed by atoms with Crippen molar-refractivity contribution in [1.29, 1.82) is 0 Å². The Morgan fingerprint density at radius 1 is 1.24 bits per heavy atom. The Labute approximate surface area is 107 Å². The maximum atomic E-state index is 11.9. The second kappa shape index (κ2) is 9.41. The fourth-order valence-electron chi connectivity index (χ4n) is 2.23. The Morgan fingerprint density at radius 2 is 1.88 bits per heavy atom. The van der Waals surface area contributed by atoms with E-state index in [4.69, 9.17) is 0 Å². The van der Waals surface area contributed by atoms with Gasteiger partial charge in [0.1, 0.15) is 0 Å².